The molecule has 25 heavy (non-hydrogen) atoms. The molecule has 0 amide bonds. The van der Waals surface area contributed by atoms with Crippen LogP contribution in [0.25, 0.3) is 0 Å². The maximum atomic E-state index is 12.4. The van der Waals surface area contributed by atoms with Gasteiger partial charge in [0.15, 0.2) is 5.03 Å². The van der Waals surface area contributed by atoms with E-state index in [9.17, 15) is 8.42 Å². The molecule has 6 nitrogen and oxygen atoms in total. The molecule has 0 fully saturated rings. The zero-order valence-corrected chi connectivity index (χ0v) is 16.3. The maximum absolute atomic E-state index is 12.4. The third-order valence-electron chi connectivity index (χ3n) is 3.58. The zero-order valence-electron chi connectivity index (χ0n) is 15.5. The molecule has 0 saturated heterocycles. The number of aromatic nitrogens is 2. The van der Waals surface area contributed by atoms with Crippen molar-refractivity contribution in [3.63, 3.8) is 0 Å². The smallest absolute Gasteiger partial charge is 0.259 e. The minimum atomic E-state index is -3.63. The summed E-state index contributed by atoms with van der Waals surface area (Å²) >= 11 is 0. The molecule has 2 rings (SSSR count). The summed E-state index contributed by atoms with van der Waals surface area (Å²) in [4.78, 5) is 3.99. The molecule has 2 aromatic rings. The molecule has 0 spiro atoms. The Kier molecular flexibility index (Phi) is 6.03. The van der Waals surface area contributed by atoms with Crippen molar-refractivity contribution in [1.29, 1.82) is 0 Å². The van der Waals surface area contributed by atoms with Crippen molar-refractivity contribution < 1.29 is 13.2 Å². The van der Waals surface area contributed by atoms with Gasteiger partial charge < -0.3 is 9.30 Å². The van der Waals surface area contributed by atoms with Crippen LogP contribution in [-0.4, -0.2) is 23.6 Å². The van der Waals surface area contributed by atoms with Crippen LogP contribution in [0.15, 0.2) is 41.8 Å². The Morgan fingerprint density at radius 2 is 1.92 bits per heavy atom. The van der Waals surface area contributed by atoms with Crippen molar-refractivity contribution in [2.24, 2.45) is 0 Å². The Hall–Kier alpha value is -1.70. The van der Waals surface area contributed by atoms with Gasteiger partial charge in [0.2, 0.25) is 0 Å². The van der Waals surface area contributed by atoms with Crippen LogP contribution in [-0.2, 0) is 27.9 Å². The fourth-order valence-electron chi connectivity index (χ4n) is 2.12. The van der Waals surface area contributed by atoms with Crippen molar-refractivity contribution >= 4 is 10.0 Å². The minimum Gasteiger partial charge on any atom is -0.371 e. The Morgan fingerprint density at radius 3 is 2.52 bits per heavy atom. The summed E-state index contributed by atoms with van der Waals surface area (Å²) in [6.07, 6.45) is 3.07. The van der Waals surface area contributed by atoms with Crippen LogP contribution in [0.4, 0.5) is 0 Å². The van der Waals surface area contributed by atoms with E-state index in [-0.39, 0.29) is 23.2 Å². The molecule has 0 unspecified atom stereocenters. The summed E-state index contributed by atoms with van der Waals surface area (Å²) < 4.78 is 34.9. The third kappa shape index (κ3) is 5.95. The summed E-state index contributed by atoms with van der Waals surface area (Å²) in [7, 11) is -3.63. The van der Waals surface area contributed by atoms with Crippen molar-refractivity contribution in [2.75, 3.05) is 0 Å². The van der Waals surface area contributed by atoms with E-state index in [0.29, 0.717) is 6.61 Å². The van der Waals surface area contributed by atoms with Crippen molar-refractivity contribution in [1.82, 2.24) is 14.3 Å². The van der Waals surface area contributed by atoms with Crippen LogP contribution in [0.5, 0.6) is 0 Å². The van der Waals surface area contributed by atoms with E-state index in [1.807, 2.05) is 58.9 Å². The highest BCUT2D eigenvalue weighted by Gasteiger charge is 2.18. The molecular weight excluding hydrogens is 338 g/mol. The van der Waals surface area contributed by atoms with Gasteiger partial charge in [0.1, 0.15) is 0 Å². The SMILES string of the molecule is CC(C)n1cnc(S(=O)(=O)NCc2cccc(COC(C)(C)C)c2)c1. The summed E-state index contributed by atoms with van der Waals surface area (Å²) in [5, 5.41) is 0.0356. The first-order valence-corrected chi connectivity index (χ1v) is 9.80. The molecule has 0 radical (unpaired) electrons. The van der Waals surface area contributed by atoms with Crippen LogP contribution in [0.1, 0.15) is 51.8 Å². The second-order valence-corrected chi connectivity index (χ2v) is 9.01. The highest BCUT2D eigenvalue weighted by atomic mass is 32.2. The van der Waals surface area contributed by atoms with Gasteiger partial charge in [0.05, 0.1) is 18.5 Å². The Bertz CT molecular complexity index is 805. The minimum absolute atomic E-state index is 0.0356. The quantitative estimate of drug-likeness (QED) is 0.817. The molecule has 1 aromatic heterocycles. The normalized spacial score (nSPS) is 12.7. The van der Waals surface area contributed by atoms with E-state index >= 15 is 0 Å². The number of hydrogen-bond acceptors (Lipinski definition) is 4. The lowest BCUT2D eigenvalue weighted by Gasteiger charge is -2.19. The summed E-state index contributed by atoms with van der Waals surface area (Å²) in [6.45, 7) is 10.6. The third-order valence-corrected chi connectivity index (χ3v) is 4.86. The first kappa shape index (κ1) is 19.6. The van der Waals surface area contributed by atoms with Gasteiger partial charge in [-0.3, -0.25) is 0 Å². The van der Waals surface area contributed by atoms with Crippen molar-refractivity contribution in [3.8, 4) is 0 Å². The molecule has 1 heterocycles. The van der Waals surface area contributed by atoms with E-state index in [2.05, 4.69) is 9.71 Å². The largest absolute Gasteiger partial charge is 0.371 e. The van der Waals surface area contributed by atoms with E-state index in [0.717, 1.165) is 11.1 Å². The summed E-state index contributed by atoms with van der Waals surface area (Å²) in [6, 6.07) is 7.86. The fraction of sp³-hybridized carbons (Fsp3) is 0.500. The number of hydrogen-bond donors (Lipinski definition) is 1. The van der Waals surface area contributed by atoms with E-state index < -0.39 is 10.0 Å². The predicted octanol–water partition coefficient (Wildman–Crippen LogP) is 3.26. The number of ether oxygens (including phenoxy) is 1. The van der Waals surface area contributed by atoms with Gasteiger partial charge in [0.25, 0.3) is 10.0 Å². The first-order chi connectivity index (χ1) is 11.6. The Balaban J connectivity index is 2.02. The van der Waals surface area contributed by atoms with Crippen LogP contribution in [0.3, 0.4) is 0 Å². The molecule has 138 valence electrons. The van der Waals surface area contributed by atoms with Gasteiger partial charge in [-0.15, -0.1) is 0 Å². The van der Waals surface area contributed by atoms with Crippen molar-refractivity contribution in [3.05, 3.63) is 47.9 Å². The number of imidazole rings is 1. The number of nitrogens with one attached hydrogen (secondary N) is 1. The van der Waals surface area contributed by atoms with Gasteiger partial charge in [-0.2, -0.15) is 0 Å². The molecular formula is C18H27N3O3S. The van der Waals surface area contributed by atoms with Crippen molar-refractivity contribution in [2.45, 2.75) is 64.4 Å². The van der Waals surface area contributed by atoms with Crippen LogP contribution >= 0.6 is 0 Å². The lowest BCUT2D eigenvalue weighted by atomic mass is 10.1. The predicted molar refractivity (Wildman–Crippen MR) is 97.6 cm³/mol. The molecule has 0 atom stereocenters. The monoisotopic (exact) mass is 365 g/mol. The fourth-order valence-corrected chi connectivity index (χ4v) is 3.07. The molecule has 1 aromatic carbocycles. The molecule has 0 aliphatic heterocycles. The average Bonchev–Trinajstić information content (AvgIpc) is 3.02. The molecule has 0 aliphatic carbocycles. The number of sulfonamides is 1. The topological polar surface area (TPSA) is 73.2 Å². The van der Waals surface area contributed by atoms with Gasteiger partial charge in [-0.1, -0.05) is 24.3 Å². The van der Waals surface area contributed by atoms with Gasteiger partial charge in [0, 0.05) is 18.8 Å². The second kappa shape index (κ2) is 7.68. The van der Waals surface area contributed by atoms with Gasteiger partial charge >= 0.3 is 0 Å². The molecule has 0 saturated carbocycles. The maximum Gasteiger partial charge on any atom is 0.259 e. The standard InChI is InChI=1S/C18H27N3O3S/c1-14(2)21-11-17(19-13-21)25(22,23)20-10-15-7-6-8-16(9-15)12-24-18(3,4)5/h6-9,11,13-14,20H,10,12H2,1-5H3. The second-order valence-electron chi connectivity index (χ2n) is 7.30. The van der Waals surface area contributed by atoms with Gasteiger partial charge in [-0.25, -0.2) is 18.1 Å². The lowest BCUT2D eigenvalue weighted by Crippen LogP contribution is -2.23. The summed E-state index contributed by atoms with van der Waals surface area (Å²) in [5.41, 5.74) is 1.67. The van der Waals surface area contributed by atoms with E-state index in [4.69, 9.17) is 4.74 Å². The lowest BCUT2D eigenvalue weighted by molar-refractivity contribution is -0.0149. The van der Waals surface area contributed by atoms with Gasteiger partial charge in [-0.05, 0) is 45.7 Å². The zero-order chi connectivity index (χ0) is 18.7. The summed E-state index contributed by atoms with van der Waals surface area (Å²) in [5.74, 6) is 0. The van der Waals surface area contributed by atoms with Crippen LogP contribution in [0.2, 0.25) is 0 Å². The molecule has 1 N–H and O–H groups in total. The number of benzene rings is 1. The van der Waals surface area contributed by atoms with E-state index in [1.54, 1.807) is 10.8 Å². The Labute approximate surface area is 150 Å². The highest BCUT2D eigenvalue weighted by Crippen LogP contribution is 2.14. The number of nitrogens with zero attached hydrogens (tertiary/aromatic N) is 2. The van der Waals surface area contributed by atoms with Crippen LogP contribution in [0, 0.1) is 0 Å². The average molecular weight is 365 g/mol. The molecule has 0 bridgehead atoms. The van der Waals surface area contributed by atoms with E-state index in [1.165, 1.54) is 6.33 Å². The first-order valence-electron chi connectivity index (χ1n) is 8.32. The molecule has 7 heteroatoms. The highest BCUT2D eigenvalue weighted by molar-refractivity contribution is 7.89. The molecule has 0 aliphatic rings. The Morgan fingerprint density at radius 1 is 1.24 bits per heavy atom. The number of rotatable bonds is 7. The van der Waals surface area contributed by atoms with Crippen LogP contribution < -0.4 is 4.72 Å².